The van der Waals surface area contributed by atoms with Crippen molar-refractivity contribution in [3.05, 3.63) is 70.0 Å². The molecule has 0 radical (unpaired) electrons. The molecule has 0 saturated carbocycles. The largest absolute Gasteiger partial charge is 0.324 e. The second-order valence-corrected chi connectivity index (χ2v) is 4.66. The highest BCUT2D eigenvalue weighted by molar-refractivity contribution is 6.31. The van der Waals surface area contributed by atoms with Gasteiger partial charge in [0.1, 0.15) is 17.5 Å². The van der Waals surface area contributed by atoms with Gasteiger partial charge in [-0.05, 0) is 41.8 Å². The number of nitrogens with two attached hydrogens (primary N) is 1. The van der Waals surface area contributed by atoms with Crippen molar-refractivity contribution in [1.29, 1.82) is 0 Å². The summed E-state index contributed by atoms with van der Waals surface area (Å²) in [5.74, 6) is -1.78. The molecule has 0 saturated heterocycles. The van der Waals surface area contributed by atoms with E-state index >= 15 is 0 Å². The van der Waals surface area contributed by atoms with E-state index in [1.54, 1.807) is 0 Å². The van der Waals surface area contributed by atoms with Crippen LogP contribution in [0.3, 0.4) is 0 Å². The third kappa shape index (κ3) is 3.49. The molecule has 2 rings (SSSR count). The van der Waals surface area contributed by atoms with Crippen LogP contribution in [-0.2, 0) is 6.42 Å². The molecule has 0 fully saturated rings. The molecule has 1 unspecified atom stereocenters. The molecule has 0 spiro atoms. The summed E-state index contributed by atoms with van der Waals surface area (Å²) in [5, 5.41) is 0.198. The lowest BCUT2D eigenvalue weighted by Gasteiger charge is -2.14. The van der Waals surface area contributed by atoms with Crippen molar-refractivity contribution in [2.75, 3.05) is 0 Å². The summed E-state index contributed by atoms with van der Waals surface area (Å²) in [5.41, 5.74) is 6.88. The molecular weight excluding hydrogens is 275 g/mol. The molecule has 5 heteroatoms. The highest BCUT2D eigenvalue weighted by Gasteiger charge is 2.13. The summed E-state index contributed by atoms with van der Waals surface area (Å²) < 4.78 is 39.0. The summed E-state index contributed by atoms with van der Waals surface area (Å²) in [6.07, 6.45) is 0.208. The maximum atomic E-state index is 13.1. The minimum absolute atomic E-state index is 0.198. The summed E-state index contributed by atoms with van der Waals surface area (Å²) in [6.45, 7) is 0. The molecule has 2 aromatic rings. The number of rotatable bonds is 3. The Labute approximate surface area is 113 Å². The lowest BCUT2D eigenvalue weighted by molar-refractivity contribution is 0.576. The van der Waals surface area contributed by atoms with E-state index in [0.29, 0.717) is 11.1 Å². The number of benzene rings is 2. The molecule has 2 N–H and O–H groups in total. The van der Waals surface area contributed by atoms with E-state index < -0.39 is 23.5 Å². The minimum Gasteiger partial charge on any atom is -0.324 e. The Morgan fingerprint density at radius 3 is 2.16 bits per heavy atom. The zero-order chi connectivity index (χ0) is 14.0. The fraction of sp³-hybridized carbons (Fsp3) is 0.143. The van der Waals surface area contributed by atoms with Gasteiger partial charge in [-0.25, -0.2) is 13.2 Å². The first-order chi connectivity index (χ1) is 8.95. The van der Waals surface area contributed by atoms with Crippen LogP contribution in [0.4, 0.5) is 13.2 Å². The number of hydrogen-bond donors (Lipinski definition) is 1. The third-order valence-corrected chi connectivity index (χ3v) is 3.07. The Morgan fingerprint density at radius 1 is 0.947 bits per heavy atom. The van der Waals surface area contributed by atoms with Gasteiger partial charge in [-0.2, -0.15) is 0 Å². The van der Waals surface area contributed by atoms with E-state index in [0.717, 1.165) is 12.1 Å². The highest BCUT2D eigenvalue weighted by Crippen LogP contribution is 2.25. The molecule has 0 aliphatic carbocycles. The van der Waals surface area contributed by atoms with Gasteiger partial charge in [-0.15, -0.1) is 0 Å². The van der Waals surface area contributed by atoms with Crippen molar-refractivity contribution in [2.45, 2.75) is 12.5 Å². The van der Waals surface area contributed by atoms with Crippen molar-refractivity contribution in [3.63, 3.8) is 0 Å². The van der Waals surface area contributed by atoms with Crippen LogP contribution < -0.4 is 5.73 Å². The predicted molar refractivity (Wildman–Crippen MR) is 68.4 cm³/mol. The summed E-state index contributed by atoms with van der Waals surface area (Å²) in [6, 6.07) is 6.52. The van der Waals surface area contributed by atoms with Crippen LogP contribution in [0.25, 0.3) is 0 Å². The Kier molecular flexibility index (Phi) is 4.12. The molecule has 0 aliphatic heterocycles. The molecule has 1 nitrogen and oxygen atoms in total. The van der Waals surface area contributed by atoms with Crippen molar-refractivity contribution in [1.82, 2.24) is 0 Å². The van der Waals surface area contributed by atoms with E-state index in [-0.39, 0.29) is 11.4 Å². The molecule has 0 heterocycles. The van der Waals surface area contributed by atoms with Gasteiger partial charge in [0.15, 0.2) is 0 Å². The molecule has 0 bridgehead atoms. The van der Waals surface area contributed by atoms with Crippen molar-refractivity contribution in [2.24, 2.45) is 5.73 Å². The first-order valence-corrected chi connectivity index (χ1v) is 5.99. The Balaban J connectivity index is 2.22. The van der Waals surface area contributed by atoms with E-state index in [4.69, 9.17) is 17.3 Å². The van der Waals surface area contributed by atoms with Crippen LogP contribution in [0.5, 0.6) is 0 Å². The van der Waals surface area contributed by atoms with Gasteiger partial charge in [-0.1, -0.05) is 17.7 Å². The summed E-state index contributed by atoms with van der Waals surface area (Å²) in [4.78, 5) is 0. The Morgan fingerprint density at radius 2 is 1.58 bits per heavy atom. The van der Waals surface area contributed by atoms with E-state index in [1.165, 1.54) is 24.3 Å². The standard InChI is InChI=1S/C14H11ClF3N/c15-13-7-9(16)1-2-12(13)14(19)5-8-3-10(17)6-11(18)4-8/h1-4,6-7,14H,5,19H2. The minimum atomic E-state index is -0.660. The van der Waals surface area contributed by atoms with E-state index in [9.17, 15) is 13.2 Å². The molecule has 19 heavy (non-hydrogen) atoms. The first-order valence-electron chi connectivity index (χ1n) is 5.61. The maximum Gasteiger partial charge on any atom is 0.126 e. The quantitative estimate of drug-likeness (QED) is 0.906. The van der Waals surface area contributed by atoms with Gasteiger partial charge in [0.05, 0.1) is 0 Å². The van der Waals surface area contributed by atoms with Crippen LogP contribution in [0.1, 0.15) is 17.2 Å². The summed E-state index contributed by atoms with van der Waals surface area (Å²) in [7, 11) is 0. The normalized spacial score (nSPS) is 12.5. The average Bonchev–Trinajstić information content (AvgIpc) is 2.26. The van der Waals surface area contributed by atoms with Crippen LogP contribution in [0.2, 0.25) is 5.02 Å². The third-order valence-electron chi connectivity index (χ3n) is 2.74. The fourth-order valence-electron chi connectivity index (χ4n) is 1.89. The van der Waals surface area contributed by atoms with Gasteiger partial charge in [0.25, 0.3) is 0 Å². The molecule has 1 atom stereocenters. The number of halogens is 4. The Hall–Kier alpha value is -1.52. The molecule has 0 aliphatic rings. The topological polar surface area (TPSA) is 26.0 Å². The molecule has 2 aromatic carbocycles. The van der Waals surface area contributed by atoms with Gasteiger partial charge < -0.3 is 5.73 Å². The van der Waals surface area contributed by atoms with Gasteiger partial charge in [-0.3, -0.25) is 0 Å². The van der Waals surface area contributed by atoms with Crippen LogP contribution >= 0.6 is 11.6 Å². The zero-order valence-electron chi connectivity index (χ0n) is 9.84. The fourth-order valence-corrected chi connectivity index (χ4v) is 2.20. The van der Waals surface area contributed by atoms with Crippen LogP contribution in [0.15, 0.2) is 36.4 Å². The number of hydrogen-bond acceptors (Lipinski definition) is 1. The second kappa shape index (κ2) is 5.63. The SMILES string of the molecule is NC(Cc1cc(F)cc(F)c1)c1ccc(F)cc1Cl. The van der Waals surface area contributed by atoms with Gasteiger partial charge >= 0.3 is 0 Å². The van der Waals surface area contributed by atoms with Gasteiger partial charge in [0.2, 0.25) is 0 Å². The lowest BCUT2D eigenvalue weighted by atomic mass is 9.99. The molecular formula is C14H11ClF3N. The first kappa shape index (κ1) is 13.9. The average molecular weight is 286 g/mol. The monoisotopic (exact) mass is 285 g/mol. The van der Waals surface area contributed by atoms with Gasteiger partial charge in [0, 0.05) is 17.1 Å². The predicted octanol–water partition coefficient (Wildman–Crippen LogP) is 4.00. The lowest BCUT2D eigenvalue weighted by Crippen LogP contribution is -2.14. The molecule has 100 valence electrons. The molecule has 0 aromatic heterocycles. The zero-order valence-corrected chi connectivity index (χ0v) is 10.6. The highest BCUT2D eigenvalue weighted by atomic mass is 35.5. The molecule has 0 amide bonds. The Bertz CT molecular complexity index is 581. The van der Waals surface area contributed by atoms with Crippen molar-refractivity contribution < 1.29 is 13.2 Å². The van der Waals surface area contributed by atoms with Crippen LogP contribution in [-0.4, -0.2) is 0 Å². The van der Waals surface area contributed by atoms with E-state index in [1.807, 2.05) is 0 Å². The van der Waals surface area contributed by atoms with E-state index in [2.05, 4.69) is 0 Å². The second-order valence-electron chi connectivity index (χ2n) is 4.25. The van der Waals surface area contributed by atoms with Crippen LogP contribution in [0, 0.1) is 17.5 Å². The maximum absolute atomic E-state index is 13.1. The summed E-state index contributed by atoms with van der Waals surface area (Å²) >= 11 is 5.89. The smallest absolute Gasteiger partial charge is 0.126 e. The van der Waals surface area contributed by atoms with Crippen molar-refractivity contribution >= 4 is 11.6 Å². The van der Waals surface area contributed by atoms with Crippen molar-refractivity contribution in [3.8, 4) is 0 Å².